The average Bonchev–Trinajstić information content (AvgIpc) is 3.20. The number of carbonyl (C=O) groups is 1. The minimum absolute atomic E-state index is 0.0498. The molecule has 3 aliphatic rings. The van der Waals surface area contributed by atoms with Crippen molar-refractivity contribution < 1.29 is 23.0 Å². The molecule has 1 aliphatic carbocycles. The van der Waals surface area contributed by atoms with Crippen LogP contribution in [0.1, 0.15) is 62.4 Å². The summed E-state index contributed by atoms with van der Waals surface area (Å²) in [6.45, 7) is 4.44. The molecule has 6 nitrogen and oxygen atoms in total. The van der Waals surface area contributed by atoms with Crippen LogP contribution >= 0.6 is 11.3 Å². The summed E-state index contributed by atoms with van der Waals surface area (Å²) in [7, 11) is 0. The van der Waals surface area contributed by atoms with E-state index in [2.05, 4.69) is 15.2 Å². The van der Waals surface area contributed by atoms with Crippen LogP contribution in [0.25, 0.3) is 0 Å². The number of amides is 1. The lowest BCUT2D eigenvalue weighted by Gasteiger charge is -2.31. The first-order chi connectivity index (χ1) is 15.8. The fourth-order valence-electron chi connectivity index (χ4n) is 4.84. The van der Waals surface area contributed by atoms with Gasteiger partial charge in [-0.25, -0.2) is 13.8 Å². The summed E-state index contributed by atoms with van der Waals surface area (Å²) in [5, 5.41) is 3.55. The molecular formula is C24H35F2N3O3S. The lowest BCUT2D eigenvalue weighted by Crippen LogP contribution is -2.38. The van der Waals surface area contributed by atoms with Crippen LogP contribution in [-0.4, -0.2) is 60.7 Å². The maximum atomic E-state index is 13.0. The first kappa shape index (κ1) is 24.5. The third-order valence-electron chi connectivity index (χ3n) is 6.75. The minimum Gasteiger partial charge on any atom is -0.464 e. The number of carbonyl (C=O) groups excluding carboxylic acids is 1. The Labute approximate surface area is 198 Å². The van der Waals surface area contributed by atoms with Crippen molar-refractivity contribution in [3.05, 3.63) is 22.2 Å². The number of hydrogen-bond acceptors (Lipinski definition) is 6. The number of hydrogen-bond donors (Lipinski definition) is 1. The zero-order valence-corrected chi connectivity index (χ0v) is 20.2. The van der Waals surface area contributed by atoms with Crippen molar-refractivity contribution in [2.75, 3.05) is 32.9 Å². The number of halogens is 2. The van der Waals surface area contributed by atoms with Gasteiger partial charge in [-0.2, -0.15) is 0 Å². The van der Waals surface area contributed by atoms with E-state index in [4.69, 9.17) is 9.47 Å². The van der Waals surface area contributed by atoms with Crippen molar-refractivity contribution in [1.82, 2.24) is 15.2 Å². The molecule has 1 saturated heterocycles. The van der Waals surface area contributed by atoms with E-state index < -0.39 is 12.5 Å². The van der Waals surface area contributed by atoms with Crippen molar-refractivity contribution in [1.29, 1.82) is 0 Å². The molecule has 33 heavy (non-hydrogen) atoms. The van der Waals surface area contributed by atoms with Crippen LogP contribution in [0.3, 0.4) is 0 Å². The van der Waals surface area contributed by atoms with Crippen LogP contribution in [0.15, 0.2) is 11.6 Å². The first-order valence-corrected chi connectivity index (χ1v) is 12.9. The van der Waals surface area contributed by atoms with E-state index in [0.717, 1.165) is 102 Å². The standard InChI is InChI=1S/C24H35F2N3O3S/c1-24(25,26)16-32-23-28-20-15-29(11-7-21(20)33-23)10-6-17-2-4-19(5-3-17)27-22(30)14-18-8-12-31-13-9-18/h14,17,19H,2-13,15-16H2,1H3,(H,27,30). The highest BCUT2D eigenvalue weighted by atomic mass is 32.1. The zero-order valence-electron chi connectivity index (χ0n) is 19.4. The van der Waals surface area contributed by atoms with Gasteiger partial charge in [0, 0.05) is 37.0 Å². The Bertz CT molecular complexity index is 823. The SMILES string of the molecule is CC(F)(F)COc1nc2c(s1)CCN(CCC1CCC(NC(=O)C=C3CCOCC3)CC1)C2. The highest BCUT2D eigenvalue weighted by molar-refractivity contribution is 7.13. The molecule has 1 amide bonds. The largest absolute Gasteiger partial charge is 0.464 e. The molecule has 0 unspecified atom stereocenters. The average molecular weight is 484 g/mol. The fourth-order valence-corrected chi connectivity index (χ4v) is 5.74. The topological polar surface area (TPSA) is 63.7 Å². The molecular weight excluding hydrogens is 448 g/mol. The maximum Gasteiger partial charge on any atom is 0.278 e. The highest BCUT2D eigenvalue weighted by Gasteiger charge is 2.27. The number of thiazole rings is 1. The normalized spacial score (nSPS) is 24.3. The maximum absolute atomic E-state index is 13.0. The van der Waals surface area contributed by atoms with Crippen molar-refractivity contribution in [3.63, 3.8) is 0 Å². The molecule has 4 rings (SSSR count). The summed E-state index contributed by atoms with van der Waals surface area (Å²) < 4.78 is 36.6. The molecule has 2 fully saturated rings. The van der Waals surface area contributed by atoms with Gasteiger partial charge in [0.2, 0.25) is 5.91 Å². The van der Waals surface area contributed by atoms with Gasteiger partial charge in [-0.05, 0) is 63.8 Å². The van der Waals surface area contributed by atoms with Gasteiger partial charge >= 0.3 is 0 Å². The van der Waals surface area contributed by atoms with Crippen LogP contribution in [0.5, 0.6) is 5.19 Å². The molecule has 184 valence electrons. The Hall–Kier alpha value is -1.58. The lowest BCUT2D eigenvalue weighted by molar-refractivity contribution is -0.117. The Balaban J connectivity index is 1.15. The molecule has 1 aromatic rings. The molecule has 0 bridgehead atoms. The molecule has 1 aromatic heterocycles. The molecule has 3 heterocycles. The molecule has 1 N–H and O–H groups in total. The van der Waals surface area contributed by atoms with E-state index in [1.807, 2.05) is 0 Å². The molecule has 2 aliphatic heterocycles. The Morgan fingerprint density at radius 1 is 1.27 bits per heavy atom. The lowest BCUT2D eigenvalue weighted by atomic mass is 9.84. The Kier molecular flexibility index (Phi) is 8.35. The van der Waals surface area contributed by atoms with Crippen molar-refractivity contribution >= 4 is 17.2 Å². The summed E-state index contributed by atoms with van der Waals surface area (Å²) in [6, 6.07) is 0.284. The number of fused-ring (bicyclic) bond motifs is 1. The first-order valence-electron chi connectivity index (χ1n) is 12.1. The van der Waals surface area contributed by atoms with Gasteiger partial charge in [-0.3, -0.25) is 9.69 Å². The minimum atomic E-state index is -2.85. The molecule has 0 radical (unpaired) electrons. The second-order valence-electron chi connectivity index (χ2n) is 9.66. The van der Waals surface area contributed by atoms with Crippen LogP contribution in [-0.2, 0) is 22.5 Å². The molecule has 0 spiro atoms. The molecule has 9 heteroatoms. The number of nitrogens with one attached hydrogen (secondary N) is 1. The Morgan fingerprint density at radius 3 is 2.76 bits per heavy atom. The van der Waals surface area contributed by atoms with Crippen LogP contribution < -0.4 is 10.1 Å². The van der Waals surface area contributed by atoms with Crippen molar-refractivity contribution in [2.45, 2.75) is 76.8 Å². The molecule has 0 aromatic carbocycles. The number of aromatic nitrogens is 1. The van der Waals surface area contributed by atoms with Gasteiger partial charge in [0.15, 0.2) is 6.61 Å². The van der Waals surface area contributed by atoms with Crippen LogP contribution in [0.4, 0.5) is 8.78 Å². The summed E-state index contributed by atoms with van der Waals surface area (Å²) >= 11 is 1.40. The number of nitrogens with zero attached hydrogens (tertiary/aromatic N) is 2. The van der Waals surface area contributed by atoms with E-state index in [0.29, 0.717) is 11.1 Å². The van der Waals surface area contributed by atoms with Gasteiger partial charge in [-0.15, -0.1) is 0 Å². The van der Waals surface area contributed by atoms with Gasteiger partial charge in [0.25, 0.3) is 11.1 Å². The van der Waals surface area contributed by atoms with Gasteiger partial charge in [0.05, 0.1) is 18.9 Å². The monoisotopic (exact) mass is 483 g/mol. The van der Waals surface area contributed by atoms with Gasteiger partial charge in [0.1, 0.15) is 0 Å². The van der Waals surface area contributed by atoms with Crippen LogP contribution in [0.2, 0.25) is 0 Å². The number of ether oxygens (including phenoxy) is 2. The smallest absolute Gasteiger partial charge is 0.278 e. The predicted octanol–water partition coefficient (Wildman–Crippen LogP) is 4.34. The fraction of sp³-hybridized carbons (Fsp3) is 0.750. The predicted molar refractivity (Wildman–Crippen MR) is 124 cm³/mol. The molecule has 1 saturated carbocycles. The van der Waals surface area contributed by atoms with Crippen molar-refractivity contribution in [3.8, 4) is 5.19 Å². The number of rotatable bonds is 8. The quantitative estimate of drug-likeness (QED) is 0.558. The van der Waals surface area contributed by atoms with Gasteiger partial charge < -0.3 is 14.8 Å². The van der Waals surface area contributed by atoms with Crippen molar-refractivity contribution in [2.24, 2.45) is 5.92 Å². The second kappa shape index (κ2) is 11.2. The van der Waals surface area contributed by atoms with Crippen LogP contribution in [0, 0.1) is 5.92 Å². The van der Waals surface area contributed by atoms with E-state index in [1.54, 1.807) is 6.08 Å². The third-order valence-corrected chi connectivity index (χ3v) is 7.82. The summed E-state index contributed by atoms with van der Waals surface area (Å²) in [5.41, 5.74) is 2.17. The van der Waals surface area contributed by atoms with E-state index >= 15 is 0 Å². The van der Waals surface area contributed by atoms with Gasteiger partial charge in [-0.1, -0.05) is 16.9 Å². The second-order valence-corrected chi connectivity index (χ2v) is 10.7. The Morgan fingerprint density at radius 2 is 2.03 bits per heavy atom. The summed E-state index contributed by atoms with van der Waals surface area (Å²) in [5.74, 6) is -2.11. The summed E-state index contributed by atoms with van der Waals surface area (Å²) in [6.07, 6.45) is 9.94. The zero-order chi connectivity index (χ0) is 23.3. The third kappa shape index (κ3) is 7.72. The van der Waals surface area contributed by atoms with E-state index in [9.17, 15) is 13.6 Å². The number of alkyl halides is 2. The molecule has 0 atom stereocenters. The van der Waals surface area contributed by atoms with E-state index in [1.165, 1.54) is 16.9 Å². The van der Waals surface area contributed by atoms with E-state index in [-0.39, 0.29) is 11.9 Å². The summed E-state index contributed by atoms with van der Waals surface area (Å²) in [4.78, 5) is 20.3. The highest BCUT2D eigenvalue weighted by Crippen LogP contribution is 2.32.